The quantitative estimate of drug-likeness (QED) is 0.488. The third kappa shape index (κ3) is 6.73. The van der Waals surface area contributed by atoms with Crippen LogP contribution in [0.25, 0.3) is 0 Å². The van der Waals surface area contributed by atoms with Gasteiger partial charge in [0.15, 0.2) is 5.96 Å². The van der Waals surface area contributed by atoms with Crippen LogP contribution in [0.1, 0.15) is 19.4 Å². The average Bonchev–Trinajstić information content (AvgIpc) is 2.19. The third-order valence-corrected chi connectivity index (χ3v) is 2.43. The molecule has 1 aromatic rings. The predicted molar refractivity (Wildman–Crippen MR) is 85.3 cm³/mol. The first-order valence-electron chi connectivity index (χ1n) is 5.39. The highest BCUT2D eigenvalue weighted by Gasteiger charge is 1.98. The molecule has 0 heterocycles. The first kappa shape index (κ1) is 16.5. The average molecular weight is 368 g/mol. The number of hydrogen-bond acceptors (Lipinski definition) is 1. The molecule has 0 unspecified atom stereocenters. The van der Waals surface area contributed by atoms with Gasteiger partial charge in [-0.05, 0) is 31.9 Å². The fraction of sp³-hybridized carbons (Fsp3) is 0.417. The molecule has 0 aliphatic rings. The number of aliphatic imine (C=N–C) groups is 1. The summed E-state index contributed by atoms with van der Waals surface area (Å²) in [5.41, 5.74) is 6.78. The fourth-order valence-electron chi connectivity index (χ4n) is 1.34. The van der Waals surface area contributed by atoms with E-state index in [4.69, 9.17) is 17.3 Å². The molecule has 96 valence electrons. The Labute approximate surface area is 125 Å². The Morgan fingerprint density at radius 3 is 2.65 bits per heavy atom. The normalized spacial score (nSPS) is 11.2. The fourth-order valence-corrected chi connectivity index (χ4v) is 1.57. The molecule has 0 amide bonds. The molecule has 0 aliphatic heterocycles. The summed E-state index contributed by atoms with van der Waals surface area (Å²) in [4.78, 5) is 4.23. The molecule has 0 aromatic heterocycles. The van der Waals surface area contributed by atoms with Crippen molar-refractivity contribution in [2.75, 3.05) is 6.54 Å². The summed E-state index contributed by atoms with van der Waals surface area (Å²) >= 11 is 6.03. The molecular weight excluding hydrogens is 349 g/mol. The van der Waals surface area contributed by atoms with Crippen LogP contribution in [0.4, 0.5) is 0 Å². The van der Waals surface area contributed by atoms with Crippen LogP contribution in [0.2, 0.25) is 5.02 Å². The lowest BCUT2D eigenvalue weighted by Gasteiger charge is -2.08. The third-order valence-electron chi connectivity index (χ3n) is 2.06. The van der Waals surface area contributed by atoms with Gasteiger partial charge in [-0.1, -0.05) is 29.8 Å². The maximum atomic E-state index is 6.03. The van der Waals surface area contributed by atoms with E-state index >= 15 is 0 Å². The summed E-state index contributed by atoms with van der Waals surface area (Å²) in [6.07, 6.45) is 0.806. The highest BCUT2D eigenvalue weighted by molar-refractivity contribution is 14.0. The lowest BCUT2D eigenvalue weighted by molar-refractivity contribution is 0.723. The molecule has 0 bridgehead atoms. The Hall–Kier alpha value is -0.490. The topological polar surface area (TPSA) is 50.4 Å². The number of nitrogens with two attached hydrogens (primary N) is 1. The Kier molecular flexibility index (Phi) is 8.33. The SMILES string of the molecule is CC(C)NC(N)=NCCc1ccccc1Cl.I. The standard InChI is InChI=1S/C12H18ClN3.HI/c1-9(2)16-12(14)15-8-7-10-5-3-4-6-11(10)13;/h3-6,9H,7-8H2,1-2H3,(H3,14,15,16);1H. The van der Waals surface area contributed by atoms with E-state index in [0.717, 1.165) is 17.0 Å². The maximum absolute atomic E-state index is 6.03. The molecule has 0 saturated heterocycles. The van der Waals surface area contributed by atoms with E-state index in [1.165, 1.54) is 0 Å². The molecule has 5 heteroatoms. The minimum Gasteiger partial charge on any atom is -0.370 e. The van der Waals surface area contributed by atoms with Gasteiger partial charge < -0.3 is 11.1 Å². The smallest absolute Gasteiger partial charge is 0.188 e. The van der Waals surface area contributed by atoms with Crippen LogP contribution >= 0.6 is 35.6 Å². The van der Waals surface area contributed by atoms with Gasteiger partial charge >= 0.3 is 0 Å². The molecule has 0 radical (unpaired) electrons. The first-order valence-corrected chi connectivity index (χ1v) is 5.77. The summed E-state index contributed by atoms with van der Waals surface area (Å²) in [6.45, 7) is 4.70. The van der Waals surface area contributed by atoms with Crippen molar-refractivity contribution in [2.45, 2.75) is 26.3 Å². The second-order valence-electron chi connectivity index (χ2n) is 3.91. The van der Waals surface area contributed by atoms with Crippen LogP contribution in [-0.2, 0) is 6.42 Å². The monoisotopic (exact) mass is 367 g/mol. The lowest BCUT2D eigenvalue weighted by Crippen LogP contribution is -2.36. The molecule has 0 saturated carbocycles. The van der Waals surface area contributed by atoms with Gasteiger partial charge in [0, 0.05) is 17.6 Å². The van der Waals surface area contributed by atoms with E-state index in [1.807, 2.05) is 38.1 Å². The second kappa shape index (κ2) is 8.58. The number of nitrogens with one attached hydrogen (secondary N) is 1. The van der Waals surface area contributed by atoms with Crippen LogP contribution in [0, 0.1) is 0 Å². The second-order valence-corrected chi connectivity index (χ2v) is 4.31. The Morgan fingerprint density at radius 2 is 2.06 bits per heavy atom. The number of guanidine groups is 1. The number of rotatable bonds is 4. The molecule has 0 fully saturated rings. The van der Waals surface area contributed by atoms with Crippen LogP contribution in [0.15, 0.2) is 29.3 Å². The zero-order valence-electron chi connectivity index (χ0n) is 10.1. The number of hydrogen-bond donors (Lipinski definition) is 2. The van der Waals surface area contributed by atoms with E-state index in [9.17, 15) is 0 Å². The minimum atomic E-state index is 0. The minimum absolute atomic E-state index is 0. The predicted octanol–water partition coefficient (Wildman–Crippen LogP) is 2.81. The molecule has 1 aromatic carbocycles. The Morgan fingerprint density at radius 1 is 1.41 bits per heavy atom. The zero-order chi connectivity index (χ0) is 12.0. The maximum Gasteiger partial charge on any atom is 0.188 e. The summed E-state index contributed by atoms with van der Waals surface area (Å²) in [5, 5.41) is 3.82. The first-order chi connectivity index (χ1) is 7.59. The molecule has 0 aliphatic carbocycles. The van der Waals surface area contributed by atoms with Crippen molar-refractivity contribution in [3.8, 4) is 0 Å². The van der Waals surface area contributed by atoms with Gasteiger partial charge in [0.25, 0.3) is 0 Å². The van der Waals surface area contributed by atoms with Crippen molar-refractivity contribution < 1.29 is 0 Å². The van der Waals surface area contributed by atoms with E-state index in [-0.39, 0.29) is 24.0 Å². The van der Waals surface area contributed by atoms with Crippen LogP contribution in [0.3, 0.4) is 0 Å². The van der Waals surface area contributed by atoms with E-state index < -0.39 is 0 Å². The van der Waals surface area contributed by atoms with Crippen molar-refractivity contribution >= 4 is 41.5 Å². The van der Waals surface area contributed by atoms with Crippen molar-refractivity contribution in [2.24, 2.45) is 10.7 Å². The molecule has 0 atom stereocenters. The zero-order valence-corrected chi connectivity index (χ0v) is 13.2. The van der Waals surface area contributed by atoms with Gasteiger partial charge in [-0.15, -0.1) is 24.0 Å². The summed E-state index contributed by atoms with van der Waals surface area (Å²) < 4.78 is 0. The van der Waals surface area contributed by atoms with Gasteiger partial charge in [-0.3, -0.25) is 4.99 Å². The van der Waals surface area contributed by atoms with Crippen molar-refractivity contribution in [1.82, 2.24) is 5.32 Å². The highest BCUT2D eigenvalue weighted by atomic mass is 127. The Balaban J connectivity index is 0.00000256. The van der Waals surface area contributed by atoms with Gasteiger partial charge in [-0.2, -0.15) is 0 Å². The number of benzene rings is 1. The molecule has 17 heavy (non-hydrogen) atoms. The summed E-state index contributed by atoms with van der Waals surface area (Å²) in [7, 11) is 0. The van der Waals surface area contributed by atoms with Gasteiger partial charge in [0.1, 0.15) is 0 Å². The van der Waals surface area contributed by atoms with E-state index in [2.05, 4.69) is 10.3 Å². The largest absolute Gasteiger partial charge is 0.370 e. The van der Waals surface area contributed by atoms with Crippen molar-refractivity contribution in [3.05, 3.63) is 34.9 Å². The van der Waals surface area contributed by atoms with Crippen LogP contribution < -0.4 is 11.1 Å². The summed E-state index contributed by atoms with van der Waals surface area (Å²) in [6, 6.07) is 8.09. The van der Waals surface area contributed by atoms with Crippen molar-refractivity contribution in [1.29, 1.82) is 0 Å². The lowest BCUT2D eigenvalue weighted by atomic mass is 10.1. The van der Waals surface area contributed by atoms with Gasteiger partial charge in [-0.25, -0.2) is 0 Å². The highest BCUT2D eigenvalue weighted by Crippen LogP contribution is 2.15. The molecule has 0 spiro atoms. The molecule has 3 nitrogen and oxygen atoms in total. The van der Waals surface area contributed by atoms with Gasteiger partial charge in [0.2, 0.25) is 0 Å². The van der Waals surface area contributed by atoms with E-state index in [0.29, 0.717) is 18.5 Å². The van der Waals surface area contributed by atoms with Gasteiger partial charge in [0.05, 0.1) is 0 Å². The Bertz CT molecular complexity index is 367. The number of halogens is 2. The summed E-state index contributed by atoms with van der Waals surface area (Å²) in [5.74, 6) is 0.488. The van der Waals surface area contributed by atoms with Crippen LogP contribution in [-0.4, -0.2) is 18.5 Å². The van der Waals surface area contributed by atoms with Crippen LogP contribution in [0.5, 0.6) is 0 Å². The number of nitrogens with zero attached hydrogens (tertiary/aromatic N) is 1. The molecule has 3 N–H and O–H groups in total. The molecule has 1 rings (SSSR count). The van der Waals surface area contributed by atoms with Crippen molar-refractivity contribution in [3.63, 3.8) is 0 Å². The molecular formula is C12H19ClIN3. The van der Waals surface area contributed by atoms with E-state index in [1.54, 1.807) is 0 Å².